The second-order valence-corrected chi connectivity index (χ2v) is 3.44. The molecule has 0 heterocycles. The molecule has 2 nitrogen and oxygen atoms in total. The Balaban J connectivity index is 2.66. The van der Waals surface area contributed by atoms with E-state index in [0.717, 1.165) is 12.8 Å². The number of allylic oxidation sites excluding steroid dienone is 2. The van der Waals surface area contributed by atoms with Crippen LogP contribution < -0.4 is 11.5 Å². The summed E-state index contributed by atoms with van der Waals surface area (Å²) in [5, 5.41) is 0. The van der Waals surface area contributed by atoms with Crippen molar-refractivity contribution in [2.75, 3.05) is 0 Å². The molecule has 1 aliphatic carbocycles. The Morgan fingerprint density at radius 1 is 1.45 bits per heavy atom. The fraction of sp³-hybridized carbons (Fsp3) is 0.556. The summed E-state index contributed by atoms with van der Waals surface area (Å²) in [5.41, 5.74) is 11.5. The molecule has 1 aliphatic rings. The predicted molar refractivity (Wildman–Crippen MR) is 48.1 cm³/mol. The Morgan fingerprint density at radius 2 is 2.18 bits per heavy atom. The Kier molecular flexibility index (Phi) is 2.47. The summed E-state index contributed by atoms with van der Waals surface area (Å²) in [6.07, 6.45) is 9.99. The molecule has 62 valence electrons. The lowest BCUT2D eigenvalue weighted by atomic mass is 9.92. The summed E-state index contributed by atoms with van der Waals surface area (Å²) in [4.78, 5) is 0. The molecular formula is C9H16N2. The topological polar surface area (TPSA) is 52.0 Å². The summed E-state index contributed by atoms with van der Waals surface area (Å²) < 4.78 is 0. The Hall–Kier alpha value is -0.600. The summed E-state index contributed by atoms with van der Waals surface area (Å²) in [5.74, 6) is 0. The lowest BCUT2D eigenvalue weighted by molar-refractivity contribution is 0.499. The molecule has 0 aromatic carbocycles. The number of hydrogen-bond donors (Lipinski definition) is 2. The predicted octanol–water partition coefficient (Wildman–Crippen LogP) is 0.937. The fourth-order valence-corrected chi connectivity index (χ4v) is 1.31. The monoisotopic (exact) mass is 152 g/mol. The van der Waals surface area contributed by atoms with Crippen LogP contribution in [0.2, 0.25) is 0 Å². The van der Waals surface area contributed by atoms with Crippen molar-refractivity contribution in [2.45, 2.75) is 31.3 Å². The SMILES string of the molecule is CC1(N)/C=C/C/C=C/C(N)C1. The summed E-state index contributed by atoms with van der Waals surface area (Å²) in [6.45, 7) is 2.00. The van der Waals surface area contributed by atoms with Crippen molar-refractivity contribution in [3.8, 4) is 0 Å². The number of hydrogen-bond acceptors (Lipinski definition) is 2. The molecule has 1 rings (SSSR count). The van der Waals surface area contributed by atoms with Gasteiger partial charge in [0.05, 0.1) is 0 Å². The van der Waals surface area contributed by atoms with Gasteiger partial charge in [0.15, 0.2) is 0 Å². The molecule has 4 N–H and O–H groups in total. The van der Waals surface area contributed by atoms with Gasteiger partial charge in [-0.1, -0.05) is 24.3 Å². The van der Waals surface area contributed by atoms with Gasteiger partial charge in [0.25, 0.3) is 0 Å². The summed E-state index contributed by atoms with van der Waals surface area (Å²) in [6, 6.07) is 0.106. The van der Waals surface area contributed by atoms with Crippen molar-refractivity contribution in [3.63, 3.8) is 0 Å². The van der Waals surface area contributed by atoms with Crippen LogP contribution in [0.4, 0.5) is 0 Å². The highest BCUT2D eigenvalue weighted by Gasteiger charge is 2.17. The smallest absolute Gasteiger partial charge is 0.0328 e. The minimum Gasteiger partial charge on any atom is -0.324 e. The van der Waals surface area contributed by atoms with Gasteiger partial charge in [-0.25, -0.2) is 0 Å². The van der Waals surface area contributed by atoms with Crippen molar-refractivity contribution in [1.82, 2.24) is 0 Å². The van der Waals surface area contributed by atoms with Crippen LogP contribution in [0.25, 0.3) is 0 Å². The van der Waals surface area contributed by atoms with Crippen LogP contribution in [-0.2, 0) is 0 Å². The molecule has 0 spiro atoms. The maximum Gasteiger partial charge on any atom is 0.0328 e. The Bertz CT molecular complexity index is 180. The van der Waals surface area contributed by atoms with Gasteiger partial charge in [-0.2, -0.15) is 0 Å². The van der Waals surface area contributed by atoms with Gasteiger partial charge in [-0.05, 0) is 19.8 Å². The van der Waals surface area contributed by atoms with Crippen molar-refractivity contribution in [3.05, 3.63) is 24.3 Å². The Labute approximate surface area is 68.0 Å². The maximum atomic E-state index is 5.94. The maximum absolute atomic E-state index is 5.94. The molecule has 0 aromatic rings. The first kappa shape index (κ1) is 8.50. The molecule has 2 unspecified atom stereocenters. The van der Waals surface area contributed by atoms with E-state index < -0.39 is 0 Å². The second kappa shape index (κ2) is 3.20. The first-order valence-corrected chi connectivity index (χ1v) is 3.99. The molecule has 0 aromatic heterocycles. The Morgan fingerprint density at radius 3 is 2.91 bits per heavy atom. The average Bonchev–Trinajstić information content (AvgIpc) is 1.82. The van der Waals surface area contributed by atoms with E-state index in [1.165, 1.54) is 0 Å². The largest absolute Gasteiger partial charge is 0.324 e. The standard InChI is InChI=1S/C9H16N2/c1-9(11)6-4-2-3-5-8(10)7-9/h3-6,8H,2,7,10-11H2,1H3/b5-3+,6-4+. The van der Waals surface area contributed by atoms with Gasteiger partial charge in [0.2, 0.25) is 0 Å². The third kappa shape index (κ3) is 2.87. The van der Waals surface area contributed by atoms with E-state index in [4.69, 9.17) is 11.5 Å². The molecule has 2 atom stereocenters. The molecule has 0 bridgehead atoms. The zero-order valence-corrected chi connectivity index (χ0v) is 6.96. The van der Waals surface area contributed by atoms with Crippen LogP contribution in [0.15, 0.2) is 24.3 Å². The minimum atomic E-state index is -0.232. The highest BCUT2D eigenvalue weighted by atomic mass is 14.7. The molecule has 0 amide bonds. The van der Waals surface area contributed by atoms with Crippen LogP contribution in [0.1, 0.15) is 19.8 Å². The summed E-state index contributed by atoms with van der Waals surface area (Å²) >= 11 is 0. The third-order valence-electron chi connectivity index (χ3n) is 1.83. The average molecular weight is 152 g/mol. The third-order valence-corrected chi connectivity index (χ3v) is 1.83. The first-order chi connectivity index (χ1) is 5.10. The van der Waals surface area contributed by atoms with Crippen molar-refractivity contribution >= 4 is 0 Å². The van der Waals surface area contributed by atoms with E-state index in [9.17, 15) is 0 Å². The van der Waals surface area contributed by atoms with E-state index in [0.29, 0.717) is 0 Å². The van der Waals surface area contributed by atoms with Gasteiger partial charge in [-0.15, -0.1) is 0 Å². The minimum absolute atomic E-state index is 0.106. The van der Waals surface area contributed by atoms with E-state index in [1.807, 2.05) is 19.1 Å². The van der Waals surface area contributed by atoms with Gasteiger partial charge in [0.1, 0.15) is 0 Å². The highest BCUT2D eigenvalue weighted by Crippen LogP contribution is 2.13. The van der Waals surface area contributed by atoms with Crippen molar-refractivity contribution < 1.29 is 0 Å². The van der Waals surface area contributed by atoms with Crippen LogP contribution in [0.3, 0.4) is 0 Å². The van der Waals surface area contributed by atoms with Gasteiger partial charge < -0.3 is 11.5 Å². The molecule has 0 fully saturated rings. The lowest BCUT2D eigenvalue weighted by Gasteiger charge is -2.24. The van der Waals surface area contributed by atoms with E-state index in [1.54, 1.807) is 0 Å². The molecule has 0 saturated heterocycles. The first-order valence-electron chi connectivity index (χ1n) is 3.99. The van der Waals surface area contributed by atoms with Crippen molar-refractivity contribution in [2.24, 2.45) is 11.5 Å². The molecular weight excluding hydrogens is 136 g/mol. The van der Waals surface area contributed by atoms with E-state index >= 15 is 0 Å². The number of rotatable bonds is 0. The van der Waals surface area contributed by atoms with Crippen LogP contribution >= 0.6 is 0 Å². The molecule has 2 heteroatoms. The lowest BCUT2D eigenvalue weighted by Crippen LogP contribution is -2.40. The molecule has 0 radical (unpaired) electrons. The van der Waals surface area contributed by atoms with Crippen molar-refractivity contribution in [1.29, 1.82) is 0 Å². The fourth-order valence-electron chi connectivity index (χ4n) is 1.31. The van der Waals surface area contributed by atoms with Crippen LogP contribution in [0, 0.1) is 0 Å². The normalized spacial score (nSPS) is 44.1. The van der Waals surface area contributed by atoms with E-state index in [-0.39, 0.29) is 11.6 Å². The van der Waals surface area contributed by atoms with Gasteiger partial charge >= 0.3 is 0 Å². The van der Waals surface area contributed by atoms with Gasteiger partial charge in [-0.3, -0.25) is 0 Å². The second-order valence-electron chi connectivity index (χ2n) is 3.44. The van der Waals surface area contributed by atoms with E-state index in [2.05, 4.69) is 12.2 Å². The van der Waals surface area contributed by atoms with Crippen LogP contribution in [-0.4, -0.2) is 11.6 Å². The number of nitrogens with two attached hydrogens (primary N) is 2. The highest BCUT2D eigenvalue weighted by molar-refractivity contribution is 5.11. The zero-order chi connectivity index (χ0) is 8.32. The quantitative estimate of drug-likeness (QED) is 0.507. The zero-order valence-electron chi connectivity index (χ0n) is 6.96. The molecule has 0 saturated carbocycles. The molecule has 0 aliphatic heterocycles. The molecule has 11 heavy (non-hydrogen) atoms. The van der Waals surface area contributed by atoms with Crippen LogP contribution in [0.5, 0.6) is 0 Å². The summed E-state index contributed by atoms with van der Waals surface area (Å²) in [7, 11) is 0. The van der Waals surface area contributed by atoms with Gasteiger partial charge in [0, 0.05) is 11.6 Å².